The molecule has 0 atom stereocenters. The fourth-order valence-corrected chi connectivity index (χ4v) is 5.22. The van der Waals surface area contributed by atoms with Gasteiger partial charge in [0.2, 0.25) is 0 Å². The van der Waals surface area contributed by atoms with Crippen LogP contribution in [-0.2, 0) is 0 Å². The smallest absolute Gasteiger partial charge is 0.345 e. The number of hydrogen-bond donors (Lipinski definition) is 2. The number of nitrogens with zero attached hydrogens (tertiary/aromatic N) is 1. The van der Waals surface area contributed by atoms with Crippen molar-refractivity contribution >= 4 is 74.8 Å². The second-order valence-electron chi connectivity index (χ2n) is 8.50. The van der Waals surface area contributed by atoms with E-state index in [0.717, 1.165) is 20.0 Å². The first-order chi connectivity index (χ1) is 19.4. The van der Waals surface area contributed by atoms with Crippen molar-refractivity contribution in [1.29, 1.82) is 0 Å². The molecule has 7 nitrogen and oxygen atoms in total. The van der Waals surface area contributed by atoms with Crippen LogP contribution < -0.4 is 14.9 Å². The Kier molecular flexibility index (Phi) is 8.39. The molecule has 0 spiro atoms. The summed E-state index contributed by atoms with van der Waals surface area (Å²) in [6.07, 6.45) is 1.46. The highest BCUT2D eigenvalue weighted by Gasteiger charge is 2.22. The monoisotopic (exact) mass is 683 g/mol. The summed E-state index contributed by atoms with van der Waals surface area (Å²) < 4.78 is 11.8. The third kappa shape index (κ3) is 5.70. The number of aromatic nitrogens is 1. The molecule has 2 N–H and O–H groups in total. The number of amides is 1. The third-order valence-corrected chi connectivity index (χ3v) is 7.58. The van der Waals surface area contributed by atoms with Gasteiger partial charge in [-0.05, 0) is 70.6 Å². The standard InChI is InChI=1S/C30H20Cl2IN3O4/c1-39-25-15-17(13-14-24(25)40-30(38)19-8-3-5-11-22(19)32)16-34-36-29(37)28-26(18-7-2-4-10-21(18)31)20-9-6-12-23(33)27(20)35-28/h2-16,35H,1H3,(H,36,37). The predicted octanol–water partition coefficient (Wildman–Crippen LogP) is 7.74. The molecule has 0 aliphatic rings. The highest BCUT2D eigenvalue weighted by Crippen LogP contribution is 2.38. The van der Waals surface area contributed by atoms with Crippen molar-refractivity contribution < 1.29 is 19.1 Å². The zero-order valence-corrected chi connectivity index (χ0v) is 24.5. The molecule has 200 valence electrons. The number of rotatable bonds is 7. The lowest BCUT2D eigenvalue weighted by atomic mass is 10.0. The zero-order valence-electron chi connectivity index (χ0n) is 20.9. The molecule has 0 unspecified atom stereocenters. The Morgan fingerprint density at radius 2 is 1.68 bits per heavy atom. The topological polar surface area (TPSA) is 92.8 Å². The van der Waals surface area contributed by atoms with Crippen molar-refractivity contribution in [1.82, 2.24) is 10.4 Å². The first-order valence-electron chi connectivity index (χ1n) is 11.9. The molecule has 40 heavy (non-hydrogen) atoms. The van der Waals surface area contributed by atoms with Crippen LogP contribution in [-0.4, -0.2) is 30.2 Å². The summed E-state index contributed by atoms with van der Waals surface area (Å²) in [5.74, 6) is -0.525. The Balaban J connectivity index is 1.38. The number of para-hydroxylation sites is 1. The van der Waals surface area contributed by atoms with E-state index in [-0.39, 0.29) is 16.3 Å². The number of benzene rings is 4. The van der Waals surface area contributed by atoms with Gasteiger partial charge in [-0.1, -0.05) is 65.7 Å². The number of H-pyrrole nitrogens is 1. The van der Waals surface area contributed by atoms with E-state index in [4.69, 9.17) is 32.7 Å². The Morgan fingerprint density at radius 3 is 2.42 bits per heavy atom. The van der Waals surface area contributed by atoms with E-state index in [1.54, 1.807) is 48.5 Å². The lowest BCUT2D eigenvalue weighted by molar-refractivity contribution is 0.0729. The second kappa shape index (κ2) is 12.1. The first-order valence-corrected chi connectivity index (χ1v) is 13.7. The maximum atomic E-state index is 13.3. The summed E-state index contributed by atoms with van der Waals surface area (Å²) in [4.78, 5) is 29.1. The van der Waals surface area contributed by atoms with Gasteiger partial charge >= 0.3 is 5.97 Å². The summed E-state index contributed by atoms with van der Waals surface area (Å²) in [7, 11) is 1.46. The molecule has 0 bridgehead atoms. The Bertz CT molecular complexity index is 1780. The number of hydrogen-bond acceptors (Lipinski definition) is 5. The number of nitrogens with one attached hydrogen (secondary N) is 2. The van der Waals surface area contributed by atoms with Crippen LogP contribution >= 0.6 is 45.8 Å². The fourth-order valence-electron chi connectivity index (χ4n) is 4.15. The van der Waals surface area contributed by atoms with E-state index in [1.165, 1.54) is 13.3 Å². The highest BCUT2D eigenvalue weighted by molar-refractivity contribution is 14.1. The summed E-state index contributed by atoms with van der Waals surface area (Å²) in [5.41, 5.74) is 6.02. The molecule has 0 saturated heterocycles. The van der Waals surface area contributed by atoms with Gasteiger partial charge in [-0.2, -0.15) is 5.10 Å². The Hall–Kier alpha value is -3.86. The number of esters is 1. The first kappa shape index (κ1) is 27.7. The minimum absolute atomic E-state index is 0.214. The molecule has 0 radical (unpaired) electrons. The summed E-state index contributed by atoms with van der Waals surface area (Å²) in [6, 6.07) is 24.7. The number of halogens is 3. The number of carbonyl (C=O) groups is 2. The number of carbonyl (C=O) groups excluding carboxylic acids is 2. The fraction of sp³-hybridized carbons (Fsp3) is 0.0333. The van der Waals surface area contributed by atoms with Crippen molar-refractivity contribution in [3.63, 3.8) is 0 Å². The average molecular weight is 684 g/mol. The van der Waals surface area contributed by atoms with Crippen molar-refractivity contribution in [3.05, 3.63) is 115 Å². The maximum Gasteiger partial charge on any atom is 0.345 e. The van der Waals surface area contributed by atoms with Gasteiger partial charge in [-0.25, -0.2) is 10.2 Å². The van der Waals surface area contributed by atoms with Crippen LogP contribution in [0.3, 0.4) is 0 Å². The van der Waals surface area contributed by atoms with Crippen LogP contribution in [0, 0.1) is 3.57 Å². The highest BCUT2D eigenvalue weighted by atomic mass is 127. The zero-order chi connectivity index (χ0) is 28.2. The van der Waals surface area contributed by atoms with E-state index in [2.05, 4.69) is 38.1 Å². The third-order valence-electron chi connectivity index (χ3n) is 6.02. The average Bonchev–Trinajstić information content (AvgIpc) is 3.35. The summed E-state index contributed by atoms with van der Waals surface area (Å²) >= 11 is 14.8. The molecule has 1 heterocycles. The molecule has 1 amide bonds. The summed E-state index contributed by atoms with van der Waals surface area (Å²) in [6.45, 7) is 0. The number of fused-ring (bicyclic) bond motifs is 1. The number of methoxy groups -OCH3 is 1. The molecule has 0 aliphatic carbocycles. The summed E-state index contributed by atoms with van der Waals surface area (Å²) in [5, 5.41) is 5.82. The van der Waals surface area contributed by atoms with Gasteiger partial charge in [0.15, 0.2) is 11.5 Å². The molecule has 0 aliphatic heterocycles. The van der Waals surface area contributed by atoms with Crippen LogP contribution in [0.1, 0.15) is 26.4 Å². The maximum absolute atomic E-state index is 13.3. The van der Waals surface area contributed by atoms with Gasteiger partial charge < -0.3 is 14.5 Å². The van der Waals surface area contributed by atoms with Crippen LogP contribution in [0.25, 0.3) is 22.0 Å². The van der Waals surface area contributed by atoms with E-state index in [1.807, 2.05) is 36.4 Å². The minimum atomic E-state index is -0.611. The lowest BCUT2D eigenvalue weighted by Gasteiger charge is -2.10. The molecular formula is C30H20Cl2IN3O4. The van der Waals surface area contributed by atoms with E-state index < -0.39 is 11.9 Å². The van der Waals surface area contributed by atoms with Crippen molar-refractivity contribution in [2.75, 3.05) is 7.11 Å². The number of hydrazone groups is 1. The van der Waals surface area contributed by atoms with E-state index >= 15 is 0 Å². The van der Waals surface area contributed by atoms with Gasteiger partial charge in [0.25, 0.3) is 5.91 Å². The quantitative estimate of drug-likeness (QED) is 0.0604. The lowest BCUT2D eigenvalue weighted by Crippen LogP contribution is -2.19. The van der Waals surface area contributed by atoms with E-state index in [0.29, 0.717) is 27.6 Å². The molecule has 0 fully saturated rings. The molecular weight excluding hydrogens is 664 g/mol. The van der Waals surface area contributed by atoms with Crippen molar-refractivity contribution in [2.24, 2.45) is 5.10 Å². The normalized spacial score (nSPS) is 11.1. The van der Waals surface area contributed by atoms with Crippen LogP contribution in [0.15, 0.2) is 90.0 Å². The molecule has 0 saturated carbocycles. The molecule has 5 aromatic rings. The molecule has 4 aromatic carbocycles. The van der Waals surface area contributed by atoms with Crippen LogP contribution in [0.5, 0.6) is 11.5 Å². The van der Waals surface area contributed by atoms with Crippen LogP contribution in [0.2, 0.25) is 10.0 Å². The minimum Gasteiger partial charge on any atom is -0.493 e. The van der Waals surface area contributed by atoms with Gasteiger partial charge in [0.05, 0.1) is 29.4 Å². The van der Waals surface area contributed by atoms with Crippen molar-refractivity contribution in [2.45, 2.75) is 0 Å². The second-order valence-corrected chi connectivity index (χ2v) is 10.5. The molecule has 5 rings (SSSR count). The Morgan fingerprint density at radius 1 is 0.925 bits per heavy atom. The number of aromatic amines is 1. The largest absolute Gasteiger partial charge is 0.493 e. The van der Waals surface area contributed by atoms with Gasteiger partial charge in [0.1, 0.15) is 5.69 Å². The van der Waals surface area contributed by atoms with E-state index in [9.17, 15) is 9.59 Å². The van der Waals surface area contributed by atoms with Gasteiger partial charge in [-0.3, -0.25) is 4.79 Å². The predicted molar refractivity (Wildman–Crippen MR) is 166 cm³/mol. The molecule has 10 heteroatoms. The SMILES string of the molecule is COc1cc(C=NNC(=O)c2[nH]c3c(I)cccc3c2-c2ccccc2Cl)ccc1OC(=O)c1ccccc1Cl. The molecule has 1 aromatic heterocycles. The van der Waals surface area contributed by atoms with Gasteiger partial charge in [0, 0.05) is 25.1 Å². The Labute approximate surface area is 253 Å². The number of ether oxygens (including phenoxy) is 2. The van der Waals surface area contributed by atoms with Crippen molar-refractivity contribution in [3.8, 4) is 22.6 Å². The van der Waals surface area contributed by atoms with Crippen LogP contribution in [0.4, 0.5) is 0 Å². The van der Waals surface area contributed by atoms with Gasteiger partial charge in [-0.15, -0.1) is 0 Å².